The van der Waals surface area contributed by atoms with Gasteiger partial charge in [0, 0.05) is 31.4 Å². The first-order valence-corrected chi connectivity index (χ1v) is 7.98. The number of nitro groups is 1. The van der Waals surface area contributed by atoms with E-state index in [0.29, 0.717) is 25.3 Å². The lowest BCUT2D eigenvalue weighted by Crippen LogP contribution is -2.31. The molecule has 0 spiro atoms. The Bertz CT molecular complexity index is 641. The molecule has 8 heteroatoms. The quantitative estimate of drug-likeness (QED) is 0.604. The van der Waals surface area contributed by atoms with Crippen molar-refractivity contribution >= 4 is 23.3 Å². The van der Waals surface area contributed by atoms with Crippen LogP contribution in [-0.2, 0) is 4.79 Å². The molecule has 0 saturated carbocycles. The molecular formula is C16H21N3O5. The maximum atomic E-state index is 12.6. The van der Waals surface area contributed by atoms with Crippen LogP contribution < -0.4 is 4.90 Å². The first-order chi connectivity index (χ1) is 11.4. The zero-order chi connectivity index (χ0) is 17.7. The molecule has 2 rings (SSSR count). The van der Waals surface area contributed by atoms with Crippen molar-refractivity contribution in [1.29, 1.82) is 0 Å². The van der Waals surface area contributed by atoms with E-state index in [2.05, 4.69) is 0 Å². The number of likely N-dealkylation sites (tertiary alicyclic amines) is 1. The predicted molar refractivity (Wildman–Crippen MR) is 88.4 cm³/mol. The average molecular weight is 335 g/mol. The molecule has 130 valence electrons. The lowest BCUT2D eigenvalue weighted by atomic mass is 10.1. The van der Waals surface area contributed by atoms with E-state index in [9.17, 15) is 19.7 Å². The molecule has 24 heavy (non-hydrogen) atoms. The number of benzene rings is 1. The van der Waals surface area contributed by atoms with Gasteiger partial charge in [-0.1, -0.05) is 6.92 Å². The second-order valence-electron chi connectivity index (χ2n) is 5.77. The largest absolute Gasteiger partial charge is 0.480 e. The van der Waals surface area contributed by atoms with Gasteiger partial charge in [0.15, 0.2) is 0 Å². The van der Waals surface area contributed by atoms with Crippen LogP contribution in [0.2, 0.25) is 0 Å². The number of amides is 1. The van der Waals surface area contributed by atoms with Gasteiger partial charge in [0.05, 0.1) is 4.92 Å². The van der Waals surface area contributed by atoms with Crippen LogP contribution in [0.1, 0.15) is 36.5 Å². The van der Waals surface area contributed by atoms with Crippen LogP contribution in [0.5, 0.6) is 0 Å². The van der Waals surface area contributed by atoms with Gasteiger partial charge in [-0.25, -0.2) is 0 Å². The highest BCUT2D eigenvalue weighted by molar-refractivity contribution is 5.99. The number of hydrogen-bond acceptors (Lipinski definition) is 5. The number of nitro benzene ring substituents is 1. The van der Waals surface area contributed by atoms with E-state index in [1.165, 1.54) is 18.2 Å². The Morgan fingerprint density at radius 1 is 1.33 bits per heavy atom. The van der Waals surface area contributed by atoms with Crippen molar-refractivity contribution in [2.24, 2.45) is 0 Å². The van der Waals surface area contributed by atoms with Gasteiger partial charge >= 0.3 is 5.97 Å². The van der Waals surface area contributed by atoms with Crippen LogP contribution in [0.15, 0.2) is 18.2 Å². The molecule has 0 aliphatic carbocycles. The number of rotatable bonds is 7. The summed E-state index contributed by atoms with van der Waals surface area (Å²) in [6.45, 7) is 3.36. The summed E-state index contributed by atoms with van der Waals surface area (Å²) in [5.41, 5.74) is 0.278. The highest BCUT2D eigenvalue weighted by Crippen LogP contribution is 2.27. The van der Waals surface area contributed by atoms with E-state index >= 15 is 0 Å². The second-order valence-corrected chi connectivity index (χ2v) is 5.77. The molecule has 1 N–H and O–H groups in total. The van der Waals surface area contributed by atoms with Crippen LogP contribution >= 0.6 is 0 Å². The molecule has 0 radical (unpaired) electrons. The molecule has 1 fully saturated rings. The van der Waals surface area contributed by atoms with Crippen molar-refractivity contribution < 1.29 is 19.6 Å². The molecule has 1 heterocycles. The third-order valence-corrected chi connectivity index (χ3v) is 3.99. The van der Waals surface area contributed by atoms with Crippen molar-refractivity contribution in [3.05, 3.63) is 33.9 Å². The Morgan fingerprint density at radius 2 is 2.00 bits per heavy atom. The number of anilines is 1. The van der Waals surface area contributed by atoms with E-state index in [-0.39, 0.29) is 23.7 Å². The van der Waals surface area contributed by atoms with Crippen molar-refractivity contribution in [1.82, 2.24) is 4.90 Å². The van der Waals surface area contributed by atoms with Gasteiger partial charge in [0.25, 0.3) is 11.6 Å². The zero-order valence-electron chi connectivity index (χ0n) is 13.6. The minimum absolute atomic E-state index is 0.0193. The van der Waals surface area contributed by atoms with Crippen molar-refractivity contribution in [2.75, 3.05) is 31.1 Å². The van der Waals surface area contributed by atoms with Crippen molar-refractivity contribution in [3.63, 3.8) is 0 Å². The molecule has 0 aromatic heterocycles. The summed E-state index contributed by atoms with van der Waals surface area (Å²) in [5.74, 6) is -1.36. The van der Waals surface area contributed by atoms with Crippen LogP contribution in [-0.4, -0.2) is 53.0 Å². The Kier molecular flexibility index (Phi) is 5.73. The maximum Gasteiger partial charge on any atom is 0.323 e. The first-order valence-electron chi connectivity index (χ1n) is 7.98. The van der Waals surface area contributed by atoms with Gasteiger partial charge in [-0.3, -0.25) is 19.7 Å². The van der Waals surface area contributed by atoms with Gasteiger partial charge in [-0.05, 0) is 31.4 Å². The monoisotopic (exact) mass is 335 g/mol. The van der Waals surface area contributed by atoms with Crippen LogP contribution in [0.25, 0.3) is 0 Å². The summed E-state index contributed by atoms with van der Waals surface area (Å²) in [5, 5.41) is 20.3. The SMILES string of the molecule is CCCN(CC(=O)O)c1ccc([N+](=O)[O-])c(C(=O)N2CCCC2)c1. The van der Waals surface area contributed by atoms with Crippen molar-refractivity contribution in [2.45, 2.75) is 26.2 Å². The third kappa shape index (κ3) is 4.01. The number of carbonyl (C=O) groups is 2. The molecule has 1 aliphatic rings. The molecular weight excluding hydrogens is 314 g/mol. The molecule has 0 atom stereocenters. The highest BCUT2D eigenvalue weighted by Gasteiger charge is 2.27. The molecule has 0 bridgehead atoms. The first kappa shape index (κ1) is 17.7. The summed E-state index contributed by atoms with van der Waals surface area (Å²) in [4.78, 5) is 37.5. The number of nitrogens with zero attached hydrogens (tertiary/aromatic N) is 3. The lowest BCUT2D eigenvalue weighted by Gasteiger charge is -2.23. The minimum atomic E-state index is -0.991. The highest BCUT2D eigenvalue weighted by atomic mass is 16.6. The van der Waals surface area contributed by atoms with Crippen LogP contribution in [0.3, 0.4) is 0 Å². The van der Waals surface area contributed by atoms with Gasteiger partial charge in [0.1, 0.15) is 12.1 Å². The van der Waals surface area contributed by atoms with Crippen LogP contribution in [0, 0.1) is 10.1 Å². The number of carboxylic acids is 1. The topological polar surface area (TPSA) is 104 Å². The normalized spacial score (nSPS) is 13.8. The summed E-state index contributed by atoms with van der Waals surface area (Å²) < 4.78 is 0. The van der Waals surface area contributed by atoms with E-state index in [1.807, 2.05) is 6.92 Å². The maximum absolute atomic E-state index is 12.6. The summed E-state index contributed by atoms with van der Waals surface area (Å²) in [6, 6.07) is 4.22. The third-order valence-electron chi connectivity index (χ3n) is 3.99. The molecule has 1 aromatic carbocycles. The zero-order valence-corrected chi connectivity index (χ0v) is 13.6. The van der Waals surface area contributed by atoms with Gasteiger partial charge in [-0.2, -0.15) is 0 Å². The van der Waals surface area contributed by atoms with E-state index in [0.717, 1.165) is 19.3 Å². The molecule has 0 unspecified atom stereocenters. The number of carboxylic acid groups (broad SMARTS) is 1. The van der Waals surface area contributed by atoms with E-state index in [1.54, 1.807) is 9.80 Å². The minimum Gasteiger partial charge on any atom is -0.480 e. The van der Waals surface area contributed by atoms with Gasteiger partial charge in [-0.15, -0.1) is 0 Å². The van der Waals surface area contributed by atoms with E-state index < -0.39 is 10.9 Å². The van der Waals surface area contributed by atoms with Gasteiger partial charge < -0.3 is 14.9 Å². The fourth-order valence-corrected chi connectivity index (χ4v) is 2.87. The number of aliphatic carboxylic acids is 1. The Balaban J connectivity index is 2.40. The van der Waals surface area contributed by atoms with Crippen molar-refractivity contribution in [3.8, 4) is 0 Å². The molecule has 1 amide bonds. The summed E-state index contributed by atoms with van der Waals surface area (Å²) in [7, 11) is 0. The van der Waals surface area contributed by atoms with E-state index in [4.69, 9.17) is 5.11 Å². The average Bonchev–Trinajstić information content (AvgIpc) is 3.07. The molecule has 8 nitrogen and oxygen atoms in total. The van der Waals surface area contributed by atoms with Crippen LogP contribution in [0.4, 0.5) is 11.4 Å². The summed E-state index contributed by atoms with van der Waals surface area (Å²) in [6.07, 6.45) is 2.50. The Hall–Kier alpha value is -2.64. The van der Waals surface area contributed by atoms with Gasteiger partial charge in [0.2, 0.25) is 0 Å². The standard InChI is InChI=1S/C16H21N3O5/c1-2-7-18(11-15(20)21)12-5-6-14(19(23)24)13(10-12)16(22)17-8-3-4-9-17/h5-6,10H,2-4,7-9,11H2,1H3,(H,20,21). The predicted octanol–water partition coefficient (Wildman–Crippen LogP) is 2.13. The fraction of sp³-hybridized carbons (Fsp3) is 0.500. The molecule has 1 saturated heterocycles. The smallest absolute Gasteiger partial charge is 0.323 e. The second kappa shape index (κ2) is 7.76. The Morgan fingerprint density at radius 3 is 2.54 bits per heavy atom. The fourth-order valence-electron chi connectivity index (χ4n) is 2.87. The number of carbonyl (C=O) groups excluding carboxylic acids is 1. The summed E-state index contributed by atoms with van der Waals surface area (Å²) >= 11 is 0. The molecule has 1 aliphatic heterocycles. The number of hydrogen-bond donors (Lipinski definition) is 1. The lowest BCUT2D eigenvalue weighted by molar-refractivity contribution is -0.385. The Labute approximate surface area is 139 Å². The molecule has 1 aromatic rings.